The van der Waals surface area contributed by atoms with Gasteiger partial charge in [0.2, 0.25) is 0 Å². The number of anilines is 1. The van der Waals surface area contributed by atoms with Crippen molar-refractivity contribution in [3.05, 3.63) is 24.0 Å². The molecule has 0 radical (unpaired) electrons. The number of carbonyl (C=O) groups excluding carboxylic acids is 1. The van der Waals surface area contributed by atoms with E-state index in [1.807, 2.05) is 0 Å². The molecule has 1 aromatic heterocycles. The van der Waals surface area contributed by atoms with Crippen LogP contribution in [-0.4, -0.2) is 17.4 Å². The van der Waals surface area contributed by atoms with E-state index in [1.54, 1.807) is 12.3 Å². The minimum atomic E-state index is -0.122. The zero-order valence-electron chi connectivity index (χ0n) is 10.2. The summed E-state index contributed by atoms with van der Waals surface area (Å²) in [5.74, 6) is -0.122. The van der Waals surface area contributed by atoms with Crippen LogP contribution in [0.2, 0.25) is 0 Å². The monoisotopic (exact) mass is 233 g/mol. The summed E-state index contributed by atoms with van der Waals surface area (Å²) in [6.45, 7) is 2.95. The Kier molecular flexibility index (Phi) is 3.31. The van der Waals surface area contributed by atoms with E-state index in [9.17, 15) is 4.79 Å². The van der Waals surface area contributed by atoms with Gasteiger partial charge in [0.15, 0.2) is 0 Å². The molecule has 0 bridgehead atoms. The molecule has 1 aliphatic carbocycles. The van der Waals surface area contributed by atoms with Crippen LogP contribution in [-0.2, 0) is 0 Å². The molecule has 1 aromatic rings. The Hall–Kier alpha value is -1.58. The zero-order valence-corrected chi connectivity index (χ0v) is 10.2. The third-order valence-electron chi connectivity index (χ3n) is 3.59. The highest BCUT2D eigenvalue weighted by molar-refractivity contribution is 5.98. The van der Waals surface area contributed by atoms with E-state index in [2.05, 4.69) is 17.2 Å². The molecule has 1 fully saturated rings. The van der Waals surface area contributed by atoms with Crippen LogP contribution in [0.25, 0.3) is 0 Å². The quantitative estimate of drug-likeness (QED) is 0.838. The Morgan fingerprint density at radius 2 is 2.24 bits per heavy atom. The average molecular weight is 233 g/mol. The van der Waals surface area contributed by atoms with Crippen molar-refractivity contribution >= 4 is 11.6 Å². The SMILES string of the molecule is CC1(CNC(=O)c2cnccc2N)CCCC1. The number of nitrogens with zero attached hydrogens (tertiary/aromatic N) is 1. The molecule has 0 aliphatic heterocycles. The number of nitrogen functional groups attached to an aromatic ring is 1. The maximum atomic E-state index is 11.9. The fraction of sp³-hybridized carbons (Fsp3) is 0.538. The largest absolute Gasteiger partial charge is 0.398 e. The molecule has 0 saturated heterocycles. The molecular weight excluding hydrogens is 214 g/mol. The predicted octanol–water partition coefficient (Wildman–Crippen LogP) is 1.97. The van der Waals surface area contributed by atoms with Gasteiger partial charge in [0, 0.05) is 24.6 Å². The van der Waals surface area contributed by atoms with Crippen molar-refractivity contribution in [3.8, 4) is 0 Å². The summed E-state index contributed by atoms with van der Waals surface area (Å²) in [6, 6.07) is 1.65. The number of nitrogens with one attached hydrogen (secondary N) is 1. The maximum Gasteiger partial charge on any atom is 0.254 e. The molecule has 1 saturated carbocycles. The lowest BCUT2D eigenvalue weighted by molar-refractivity contribution is 0.0935. The summed E-state index contributed by atoms with van der Waals surface area (Å²) in [7, 11) is 0. The van der Waals surface area contributed by atoms with Crippen molar-refractivity contribution in [1.29, 1.82) is 0 Å². The Morgan fingerprint density at radius 1 is 1.53 bits per heavy atom. The van der Waals surface area contributed by atoms with Gasteiger partial charge in [-0.25, -0.2) is 0 Å². The number of nitrogens with two attached hydrogens (primary N) is 1. The summed E-state index contributed by atoms with van der Waals surface area (Å²) < 4.78 is 0. The second kappa shape index (κ2) is 4.73. The third kappa shape index (κ3) is 2.75. The van der Waals surface area contributed by atoms with E-state index in [-0.39, 0.29) is 11.3 Å². The van der Waals surface area contributed by atoms with Crippen molar-refractivity contribution in [2.75, 3.05) is 12.3 Å². The van der Waals surface area contributed by atoms with Gasteiger partial charge in [-0.2, -0.15) is 0 Å². The first-order chi connectivity index (χ1) is 8.11. The molecule has 3 N–H and O–H groups in total. The minimum absolute atomic E-state index is 0.122. The molecule has 1 aliphatic rings. The van der Waals surface area contributed by atoms with Crippen molar-refractivity contribution in [2.24, 2.45) is 5.41 Å². The van der Waals surface area contributed by atoms with Crippen molar-refractivity contribution in [2.45, 2.75) is 32.6 Å². The summed E-state index contributed by atoms with van der Waals surface area (Å²) in [4.78, 5) is 15.9. The summed E-state index contributed by atoms with van der Waals surface area (Å²) in [5, 5.41) is 2.96. The molecule has 4 nitrogen and oxygen atoms in total. The highest BCUT2D eigenvalue weighted by Gasteiger charge is 2.29. The van der Waals surface area contributed by atoms with Crippen LogP contribution in [0.15, 0.2) is 18.5 Å². The molecule has 0 spiro atoms. The van der Waals surface area contributed by atoms with Gasteiger partial charge >= 0.3 is 0 Å². The molecular formula is C13H19N3O. The normalized spacial score (nSPS) is 17.9. The molecule has 0 atom stereocenters. The van der Waals surface area contributed by atoms with Gasteiger partial charge < -0.3 is 11.1 Å². The van der Waals surface area contributed by atoms with E-state index in [0.29, 0.717) is 11.3 Å². The van der Waals surface area contributed by atoms with Crippen LogP contribution >= 0.6 is 0 Å². The number of carbonyl (C=O) groups is 1. The molecule has 2 rings (SSSR count). The lowest BCUT2D eigenvalue weighted by atomic mass is 9.89. The molecule has 17 heavy (non-hydrogen) atoms. The summed E-state index contributed by atoms with van der Waals surface area (Å²) >= 11 is 0. The van der Waals surface area contributed by atoms with E-state index in [0.717, 1.165) is 6.54 Å². The molecule has 0 aromatic carbocycles. The van der Waals surface area contributed by atoms with Gasteiger partial charge in [0.25, 0.3) is 5.91 Å². The van der Waals surface area contributed by atoms with E-state index < -0.39 is 0 Å². The summed E-state index contributed by atoms with van der Waals surface area (Å²) in [6.07, 6.45) is 8.01. The van der Waals surface area contributed by atoms with Crippen molar-refractivity contribution < 1.29 is 4.79 Å². The highest BCUT2D eigenvalue weighted by atomic mass is 16.1. The van der Waals surface area contributed by atoms with Gasteiger partial charge in [0.05, 0.1) is 5.56 Å². The maximum absolute atomic E-state index is 11.9. The van der Waals surface area contributed by atoms with Gasteiger partial charge in [-0.1, -0.05) is 19.8 Å². The number of pyridine rings is 1. The topological polar surface area (TPSA) is 68.0 Å². The number of hydrogen-bond acceptors (Lipinski definition) is 3. The van der Waals surface area contributed by atoms with E-state index >= 15 is 0 Å². The van der Waals surface area contributed by atoms with Crippen LogP contribution in [0.5, 0.6) is 0 Å². The van der Waals surface area contributed by atoms with Crippen molar-refractivity contribution in [3.63, 3.8) is 0 Å². The van der Waals surface area contributed by atoms with Crippen LogP contribution in [0.3, 0.4) is 0 Å². The highest BCUT2D eigenvalue weighted by Crippen LogP contribution is 2.36. The fourth-order valence-electron chi connectivity index (χ4n) is 2.39. The minimum Gasteiger partial charge on any atom is -0.398 e. The smallest absolute Gasteiger partial charge is 0.254 e. The number of aromatic nitrogens is 1. The van der Waals surface area contributed by atoms with Crippen LogP contribution in [0.4, 0.5) is 5.69 Å². The second-order valence-electron chi connectivity index (χ2n) is 5.16. The Labute approximate surface area is 102 Å². The zero-order chi connectivity index (χ0) is 12.3. The van der Waals surface area contributed by atoms with Crippen LogP contribution < -0.4 is 11.1 Å². The number of hydrogen-bond donors (Lipinski definition) is 2. The lowest BCUT2D eigenvalue weighted by Crippen LogP contribution is -2.34. The Morgan fingerprint density at radius 3 is 2.88 bits per heavy atom. The van der Waals surface area contributed by atoms with Crippen molar-refractivity contribution in [1.82, 2.24) is 10.3 Å². The number of rotatable bonds is 3. The van der Waals surface area contributed by atoms with E-state index in [4.69, 9.17) is 5.73 Å². The van der Waals surface area contributed by atoms with Crippen LogP contribution in [0.1, 0.15) is 43.0 Å². The Balaban J connectivity index is 1.96. The molecule has 1 heterocycles. The number of amides is 1. The summed E-state index contributed by atoms with van der Waals surface area (Å²) in [5.41, 5.74) is 6.94. The van der Waals surface area contributed by atoms with E-state index in [1.165, 1.54) is 31.9 Å². The lowest BCUT2D eigenvalue weighted by Gasteiger charge is -2.23. The van der Waals surface area contributed by atoms with Gasteiger partial charge in [-0.15, -0.1) is 0 Å². The molecule has 0 unspecified atom stereocenters. The first kappa shape index (κ1) is 11.9. The first-order valence-electron chi connectivity index (χ1n) is 6.08. The molecule has 4 heteroatoms. The second-order valence-corrected chi connectivity index (χ2v) is 5.16. The molecule has 1 amide bonds. The fourth-order valence-corrected chi connectivity index (χ4v) is 2.39. The average Bonchev–Trinajstić information content (AvgIpc) is 2.74. The van der Waals surface area contributed by atoms with Crippen LogP contribution in [0, 0.1) is 5.41 Å². The Bertz CT molecular complexity index is 411. The molecule has 92 valence electrons. The standard InChI is InChI=1S/C13H19N3O/c1-13(5-2-3-6-13)9-16-12(17)10-8-15-7-4-11(10)14/h4,7-8H,2-3,5-6,9H2,1H3,(H2,14,15)(H,16,17). The van der Waals surface area contributed by atoms with Gasteiger partial charge in [-0.3, -0.25) is 9.78 Å². The third-order valence-corrected chi connectivity index (χ3v) is 3.59. The predicted molar refractivity (Wildman–Crippen MR) is 67.6 cm³/mol. The van der Waals surface area contributed by atoms with Gasteiger partial charge in [-0.05, 0) is 24.3 Å². The first-order valence-corrected chi connectivity index (χ1v) is 6.08. The van der Waals surface area contributed by atoms with Gasteiger partial charge in [0.1, 0.15) is 0 Å².